The molecule has 1 atom stereocenters. The van der Waals surface area contributed by atoms with Gasteiger partial charge < -0.3 is 14.4 Å². The van der Waals surface area contributed by atoms with Gasteiger partial charge in [-0.2, -0.15) is 0 Å². The molecule has 2 aliphatic heterocycles. The van der Waals surface area contributed by atoms with Crippen LogP contribution < -0.4 is 14.4 Å². The second kappa shape index (κ2) is 8.89. The fourth-order valence-electron chi connectivity index (χ4n) is 4.99. The monoisotopic (exact) mass is 476 g/mol. The summed E-state index contributed by atoms with van der Waals surface area (Å²) in [6.45, 7) is 4.68. The third-order valence-electron chi connectivity index (χ3n) is 6.85. The van der Waals surface area contributed by atoms with E-state index in [1.165, 1.54) is 5.56 Å². The zero-order valence-electron chi connectivity index (χ0n) is 18.7. The Bertz CT molecular complexity index is 1240. The quantitative estimate of drug-likeness (QED) is 0.561. The Morgan fingerprint density at radius 1 is 1.00 bits per heavy atom. The number of nitrogens with zero attached hydrogens (tertiary/aromatic N) is 4. The normalized spacial score (nSPS) is 19.9. The highest BCUT2D eigenvalue weighted by Gasteiger charge is 2.29. The maximum atomic E-state index is 12.8. The molecule has 0 spiro atoms. The van der Waals surface area contributed by atoms with Gasteiger partial charge in [-0.15, -0.1) is 0 Å². The Hall–Kier alpha value is -3.16. The zero-order valence-corrected chi connectivity index (χ0v) is 19.5. The van der Waals surface area contributed by atoms with Gasteiger partial charge in [0, 0.05) is 50.4 Å². The van der Waals surface area contributed by atoms with Gasteiger partial charge in [-0.1, -0.05) is 29.8 Å². The van der Waals surface area contributed by atoms with Crippen molar-refractivity contribution in [2.24, 2.45) is 0 Å². The molecule has 0 saturated carbocycles. The molecular formula is C26H25ClN4O3. The van der Waals surface area contributed by atoms with E-state index in [0.717, 1.165) is 61.9 Å². The minimum absolute atomic E-state index is 0.0972. The lowest BCUT2D eigenvalue weighted by atomic mass is 9.82. The van der Waals surface area contributed by atoms with Crippen LogP contribution in [0.3, 0.4) is 0 Å². The summed E-state index contributed by atoms with van der Waals surface area (Å²) >= 11 is 6.18. The minimum atomic E-state index is 0.0972. The summed E-state index contributed by atoms with van der Waals surface area (Å²) in [4.78, 5) is 26.8. The van der Waals surface area contributed by atoms with Crippen molar-refractivity contribution in [3.8, 4) is 11.5 Å². The van der Waals surface area contributed by atoms with Crippen molar-refractivity contribution in [3.63, 3.8) is 0 Å². The Morgan fingerprint density at radius 3 is 2.71 bits per heavy atom. The summed E-state index contributed by atoms with van der Waals surface area (Å²) in [7, 11) is 0. The van der Waals surface area contributed by atoms with Crippen LogP contribution in [0, 0.1) is 0 Å². The van der Waals surface area contributed by atoms with E-state index in [-0.39, 0.29) is 11.7 Å². The molecule has 3 heterocycles. The summed E-state index contributed by atoms with van der Waals surface area (Å²) in [5.41, 5.74) is 3.80. The van der Waals surface area contributed by atoms with Gasteiger partial charge in [0.2, 0.25) is 12.7 Å². The van der Waals surface area contributed by atoms with Gasteiger partial charge in [-0.3, -0.25) is 9.69 Å². The van der Waals surface area contributed by atoms with Crippen molar-refractivity contribution in [3.05, 3.63) is 76.1 Å². The second-order valence-corrected chi connectivity index (χ2v) is 9.50. The SMILES string of the molecule is O=C1C[C@H](c2cccc(Cl)c2)Cc2nc(N3CCN(Cc4ccc5c(c4)OCO5)CC3)ncc21. The summed E-state index contributed by atoms with van der Waals surface area (Å²) in [5, 5.41) is 0.692. The van der Waals surface area contributed by atoms with Crippen LogP contribution in [-0.4, -0.2) is 53.6 Å². The van der Waals surface area contributed by atoms with Gasteiger partial charge in [0.1, 0.15) is 0 Å². The minimum Gasteiger partial charge on any atom is -0.454 e. The van der Waals surface area contributed by atoms with Crippen molar-refractivity contribution >= 4 is 23.3 Å². The average molecular weight is 477 g/mol. The lowest BCUT2D eigenvalue weighted by molar-refractivity contribution is 0.0962. The van der Waals surface area contributed by atoms with E-state index in [1.54, 1.807) is 6.20 Å². The number of benzene rings is 2. The molecule has 0 unspecified atom stereocenters. The van der Waals surface area contributed by atoms with Crippen molar-refractivity contribution in [1.29, 1.82) is 0 Å². The Labute approximate surface area is 203 Å². The Kier molecular flexibility index (Phi) is 5.59. The fraction of sp³-hybridized carbons (Fsp3) is 0.346. The zero-order chi connectivity index (χ0) is 23.1. The third-order valence-corrected chi connectivity index (χ3v) is 7.08. The van der Waals surface area contributed by atoms with Crippen LogP contribution in [-0.2, 0) is 13.0 Å². The lowest BCUT2D eigenvalue weighted by Crippen LogP contribution is -2.46. The number of Topliss-reactive ketones (excluding diaryl/α,β-unsaturated/α-hetero) is 1. The number of aromatic nitrogens is 2. The van der Waals surface area contributed by atoms with Crippen molar-refractivity contribution < 1.29 is 14.3 Å². The van der Waals surface area contributed by atoms with Gasteiger partial charge in [0.25, 0.3) is 0 Å². The molecule has 1 saturated heterocycles. The van der Waals surface area contributed by atoms with Crippen LogP contribution in [0.1, 0.15) is 39.5 Å². The van der Waals surface area contributed by atoms with Crippen LogP contribution in [0.2, 0.25) is 5.02 Å². The molecule has 6 rings (SSSR count). The van der Waals surface area contributed by atoms with Crippen molar-refractivity contribution in [2.45, 2.75) is 25.3 Å². The third kappa shape index (κ3) is 4.21. The molecular weight excluding hydrogens is 452 g/mol. The molecule has 1 aliphatic carbocycles. The molecule has 174 valence electrons. The van der Waals surface area contributed by atoms with Gasteiger partial charge in [0.05, 0.1) is 11.3 Å². The highest BCUT2D eigenvalue weighted by molar-refractivity contribution is 6.30. The molecule has 3 aromatic rings. The Morgan fingerprint density at radius 2 is 1.85 bits per heavy atom. The maximum absolute atomic E-state index is 12.8. The summed E-state index contributed by atoms with van der Waals surface area (Å²) in [6, 6.07) is 13.9. The molecule has 0 N–H and O–H groups in total. The maximum Gasteiger partial charge on any atom is 0.231 e. The first-order valence-corrected chi connectivity index (χ1v) is 12.0. The highest BCUT2D eigenvalue weighted by atomic mass is 35.5. The Balaban J connectivity index is 1.12. The van der Waals surface area contributed by atoms with Crippen LogP contribution >= 0.6 is 11.6 Å². The second-order valence-electron chi connectivity index (χ2n) is 9.06. The number of hydrogen-bond acceptors (Lipinski definition) is 7. The predicted octanol–water partition coefficient (Wildman–Crippen LogP) is 4.09. The topological polar surface area (TPSA) is 67.8 Å². The number of fused-ring (bicyclic) bond motifs is 2. The van der Waals surface area contributed by atoms with Gasteiger partial charge in [-0.25, -0.2) is 9.97 Å². The number of carbonyl (C=O) groups excluding carboxylic acids is 1. The van der Waals surface area contributed by atoms with Crippen molar-refractivity contribution in [2.75, 3.05) is 37.9 Å². The predicted molar refractivity (Wildman–Crippen MR) is 129 cm³/mol. The van der Waals surface area contributed by atoms with E-state index in [0.29, 0.717) is 29.7 Å². The largest absolute Gasteiger partial charge is 0.454 e. The molecule has 2 aromatic carbocycles. The van der Waals surface area contributed by atoms with E-state index in [9.17, 15) is 4.79 Å². The summed E-state index contributed by atoms with van der Waals surface area (Å²) in [6.07, 6.45) is 2.91. The van der Waals surface area contributed by atoms with Crippen LogP contribution in [0.5, 0.6) is 11.5 Å². The number of carbonyl (C=O) groups is 1. The van der Waals surface area contributed by atoms with Gasteiger partial charge in [0.15, 0.2) is 17.3 Å². The van der Waals surface area contributed by atoms with E-state index in [1.807, 2.05) is 30.3 Å². The van der Waals surface area contributed by atoms with E-state index in [2.05, 4.69) is 26.9 Å². The number of piperazine rings is 1. The molecule has 34 heavy (non-hydrogen) atoms. The molecule has 8 heteroatoms. The molecule has 0 amide bonds. The fourth-order valence-corrected chi connectivity index (χ4v) is 5.19. The summed E-state index contributed by atoms with van der Waals surface area (Å²) in [5.74, 6) is 2.55. The van der Waals surface area contributed by atoms with E-state index in [4.69, 9.17) is 26.1 Å². The average Bonchev–Trinajstić information content (AvgIpc) is 3.32. The number of halogens is 1. The first-order valence-electron chi connectivity index (χ1n) is 11.6. The first kappa shape index (κ1) is 21.4. The van der Waals surface area contributed by atoms with Gasteiger partial charge >= 0.3 is 0 Å². The number of ketones is 1. The molecule has 1 fully saturated rings. The van der Waals surface area contributed by atoms with Crippen molar-refractivity contribution in [1.82, 2.24) is 14.9 Å². The summed E-state index contributed by atoms with van der Waals surface area (Å²) < 4.78 is 10.9. The highest BCUT2D eigenvalue weighted by Crippen LogP contribution is 2.34. The van der Waals surface area contributed by atoms with Crippen LogP contribution in [0.4, 0.5) is 5.95 Å². The van der Waals surface area contributed by atoms with Crippen LogP contribution in [0.25, 0.3) is 0 Å². The standard InChI is InChI=1S/C26H25ClN4O3/c27-20-3-1-2-18(11-20)19-12-22-21(23(32)13-19)14-28-26(29-22)31-8-6-30(7-9-31)15-17-4-5-24-25(10-17)34-16-33-24/h1-5,10-11,14,19H,6-9,12-13,15-16H2/t19-/m1/s1. The van der Waals surface area contributed by atoms with Crippen LogP contribution in [0.15, 0.2) is 48.7 Å². The van der Waals surface area contributed by atoms with Gasteiger partial charge in [-0.05, 0) is 47.7 Å². The number of anilines is 1. The number of rotatable bonds is 4. The molecule has 0 bridgehead atoms. The molecule has 0 radical (unpaired) electrons. The first-order chi connectivity index (χ1) is 16.6. The van der Waals surface area contributed by atoms with E-state index >= 15 is 0 Å². The number of hydrogen-bond donors (Lipinski definition) is 0. The smallest absolute Gasteiger partial charge is 0.231 e. The number of ether oxygens (including phenoxy) is 2. The molecule has 1 aromatic heterocycles. The van der Waals surface area contributed by atoms with E-state index < -0.39 is 0 Å². The molecule has 7 nitrogen and oxygen atoms in total. The lowest BCUT2D eigenvalue weighted by Gasteiger charge is -2.35. The molecule has 3 aliphatic rings.